The van der Waals surface area contributed by atoms with Crippen molar-refractivity contribution in [2.24, 2.45) is 5.73 Å². The maximum absolute atomic E-state index is 12.4. The Morgan fingerprint density at radius 2 is 1.87 bits per heavy atom. The number of nitrogens with one attached hydrogen (secondary N) is 1. The normalized spacial score (nSPS) is 14.6. The summed E-state index contributed by atoms with van der Waals surface area (Å²) >= 11 is 0. The van der Waals surface area contributed by atoms with Crippen LogP contribution in [0.15, 0.2) is 24.3 Å². The fourth-order valence-corrected chi connectivity index (χ4v) is 2.79. The van der Waals surface area contributed by atoms with Crippen molar-refractivity contribution in [3.8, 4) is 0 Å². The first-order valence-corrected chi connectivity index (χ1v) is 7.98. The number of nitrogens with zero attached hydrogens (tertiary/aromatic N) is 1. The molecule has 1 aliphatic heterocycles. The van der Waals surface area contributed by atoms with Crippen LogP contribution in [-0.4, -0.2) is 30.4 Å². The lowest BCUT2D eigenvalue weighted by molar-refractivity contribution is -0.117. The van der Waals surface area contributed by atoms with Crippen molar-refractivity contribution in [1.29, 1.82) is 0 Å². The molecular formula is C17H26ClN3O2. The molecule has 0 saturated carbocycles. The Bertz CT molecular complexity index is 533. The highest BCUT2D eigenvalue weighted by atomic mass is 35.5. The van der Waals surface area contributed by atoms with Gasteiger partial charge in [-0.2, -0.15) is 0 Å². The van der Waals surface area contributed by atoms with Crippen molar-refractivity contribution in [3.63, 3.8) is 0 Å². The maximum Gasteiger partial charge on any atom is 0.251 e. The second-order valence-corrected chi connectivity index (χ2v) is 5.84. The molecule has 1 aromatic carbocycles. The lowest BCUT2D eigenvalue weighted by Gasteiger charge is -2.31. The molecule has 0 spiro atoms. The van der Waals surface area contributed by atoms with E-state index in [1.54, 1.807) is 17.0 Å². The van der Waals surface area contributed by atoms with Gasteiger partial charge in [0.15, 0.2) is 0 Å². The first-order valence-electron chi connectivity index (χ1n) is 7.98. The van der Waals surface area contributed by atoms with E-state index >= 15 is 0 Å². The van der Waals surface area contributed by atoms with Crippen LogP contribution < -0.4 is 16.0 Å². The molecule has 0 atom stereocenters. The van der Waals surface area contributed by atoms with Gasteiger partial charge in [-0.3, -0.25) is 9.59 Å². The SMILES string of the molecule is CCC(CC)(CN)NC(=O)c1ccc(N2CCCC2=O)cc1.Cl. The molecule has 23 heavy (non-hydrogen) atoms. The van der Waals surface area contributed by atoms with E-state index < -0.39 is 0 Å². The Hall–Kier alpha value is -1.59. The number of amides is 2. The minimum atomic E-state index is -0.347. The molecule has 6 heteroatoms. The zero-order valence-corrected chi connectivity index (χ0v) is 14.6. The van der Waals surface area contributed by atoms with Crippen LogP contribution in [0.2, 0.25) is 0 Å². The fourth-order valence-electron chi connectivity index (χ4n) is 2.79. The van der Waals surface area contributed by atoms with Crippen LogP contribution in [0.4, 0.5) is 5.69 Å². The van der Waals surface area contributed by atoms with Gasteiger partial charge in [0.25, 0.3) is 5.91 Å². The molecule has 1 aliphatic rings. The van der Waals surface area contributed by atoms with Crippen molar-refractivity contribution in [3.05, 3.63) is 29.8 Å². The number of benzene rings is 1. The number of hydrogen-bond donors (Lipinski definition) is 2. The lowest BCUT2D eigenvalue weighted by atomic mass is 9.92. The van der Waals surface area contributed by atoms with Crippen molar-refractivity contribution < 1.29 is 9.59 Å². The summed E-state index contributed by atoms with van der Waals surface area (Å²) in [7, 11) is 0. The maximum atomic E-state index is 12.4. The third-order valence-corrected chi connectivity index (χ3v) is 4.64. The molecule has 0 aliphatic carbocycles. The van der Waals surface area contributed by atoms with Crippen molar-refractivity contribution in [2.75, 3.05) is 18.0 Å². The van der Waals surface area contributed by atoms with Crippen LogP contribution in [-0.2, 0) is 4.79 Å². The second-order valence-electron chi connectivity index (χ2n) is 5.84. The Morgan fingerprint density at radius 3 is 2.30 bits per heavy atom. The molecule has 2 amide bonds. The van der Waals surface area contributed by atoms with Gasteiger partial charge in [-0.25, -0.2) is 0 Å². The minimum absolute atomic E-state index is 0. The Balaban J connectivity index is 0.00000264. The number of carbonyl (C=O) groups is 2. The monoisotopic (exact) mass is 339 g/mol. The van der Waals surface area contributed by atoms with Crippen LogP contribution in [0.25, 0.3) is 0 Å². The molecule has 5 nitrogen and oxygen atoms in total. The Kier molecular flexibility index (Phi) is 7.03. The van der Waals surface area contributed by atoms with E-state index in [0.717, 1.165) is 31.5 Å². The number of nitrogens with two attached hydrogens (primary N) is 1. The smallest absolute Gasteiger partial charge is 0.251 e. The molecule has 1 aromatic rings. The molecule has 3 N–H and O–H groups in total. The van der Waals surface area contributed by atoms with Crippen LogP contribution in [0.1, 0.15) is 49.9 Å². The summed E-state index contributed by atoms with van der Waals surface area (Å²) in [6.45, 7) is 5.23. The predicted octanol–water partition coefficient (Wildman–Crippen LogP) is 2.48. The molecule has 2 rings (SSSR count). The molecule has 0 aromatic heterocycles. The summed E-state index contributed by atoms with van der Waals surface area (Å²) in [6.07, 6.45) is 3.10. The van der Waals surface area contributed by atoms with Gasteiger partial charge in [-0.05, 0) is 43.5 Å². The van der Waals surface area contributed by atoms with E-state index in [1.807, 2.05) is 26.0 Å². The van der Waals surface area contributed by atoms with Gasteiger partial charge in [0.2, 0.25) is 5.91 Å². The molecule has 0 unspecified atom stereocenters. The molecule has 1 heterocycles. The summed E-state index contributed by atoms with van der Waals surface area (Å²) in [5, 5.41) is 3.05. The van der Waals surface area contributed by atoms with E-state index in [4.69, 9.17) is 5.73 Å². The third-order valence-electron chi connectivity index (χ3n) is 4.64. The summed E-state index contributed by atoms with van der Waals surface area (Å²) in [6, 6.07) is 7.20. The third kappa shape index (κ3) is 4.24. The fraction of sp³-hybridized carbons (Fsp3) is 0.529. The van der Waals surface area contributed by atoms with Gasteiger partial charge in [0.05, 0.1) is 5.54 Å². The average molecular weight is 340 g/mol. The number of halogens is 1. The van der Waals surface area contributed by atoms with Crippen molar-refractivity contribution in [2.45, 2.75) is 45.1 Å². The first kappa shape index (κ1) is 19.5. The van der Waals surface area contributed by atoms with Gasteiger partial charge in [0.1, 0.15) is 0 Å². The largest absolute Gasteiger partial charge is 0.345 e. The van der Waals surface area contributed by atoms with E-state index in [2.05, 4.69) is 5.32 Å². The van der Waals surface area contributed by atoms with Crippen LogP contribution in [0.5, 0.6) is 0 Å². The van der Waals surface area contributed by atoms with E-state index in [1.165, 1.54) is 0 Å². The van der Waals surface area contributed by atoms with Gasteiger partial charge < -0.3 is 16.0 Å². The summed E-state index contributed by atoms with van der Waals surface area (Å²) in [5.41, 5.74) is 6.92. The second kappa shape index (κ2) is 8.31. The molecule has 1 fully saturated rings. The lowest BCUT2D eigenvalue weighted by Crippen LogP contribution is -2.52. The van der Waals surface area contributed by atoms with Crippen molar-refractivity contribution >= 4 is 29.9 Å². The predicted molar refractivity (Wildman–Crippen MR) is 95.1 cm³/mol. The average Bonchev–Trinajstić information content (AvgIpc) is 2.99. The highest BCUT2D eigenvalue weighted by molar-refractivity contribution is 5.97. The van der Waals surface area contributed by atoms with E-state index in [0.29, 0.717) is 18.5 Å². The summed E-state index contributed by atoms with van der Waals surface area (Å²) in [5.74, 6) is 0.0322. The van der Waals surface area contributed by atoms with Gasteiger partial charge in [-0.1, -0.05) is 13.8 Å². The summed E-state index contributed by atoms with van der Waals surface area (Å²) < 4.78 is 0. The highest BCUT2D eigenvalue weighted by Crippen LogP contribution is 2.22. The highest BCUT2D eigenvalue weighted by Gasteiger charge is 2.27. The Labute approximate surface area is 144 Å². The number of carbonyl (C=O) groups excluding carboxylic acids is 2. The van der Waals surface area contributed by atoms with Crippen molar-refractivity contribution in [1.82, 2.24) is 5.32 Å². The van der Waals surface area contributed by atoms with Gasteiger partial charge >= 0.3 is 0 Å². The molecule has 0 bridgehead atoms. The molecule has 128 valence electrons. The standard InChI is InChI=1S/C17H25N3O2.ClH/c1-3-17(4-2,12-18)19-16(22)13-7-9-14(10-8-13)20-11-5-6-15(20)21;/h7-10H,3-6,11-12,18H2,1-2H3,(H,19,22);1H. The molecule has 1 saturated heterocycles. The topological polar surface area (TPSA) is 75.4 Å². The number of hydrogen-bond acceptors (Lipinski definition) is 3. The van der Waals surface area contributed by atoms with Crippen LogP contribution >= 0.6 is 12.4 Å². The van der Waals surface area contributed by atoms with E-state index in [-0.39, 0.29) is 29.8 Å². The zero-order chi connectivity index (χ0) is 16.2. The van der Waals surface area contributed by atoms with Crippen LogP contribution in [0.3, 0.4) is 0 Å². The first-order chi connectivity index (χ1) is 10.5. The zero-order valence-electron chi connectivity index (χ0n) is 13.8. The van der Waals surface area contributed by atoms with Gasteiger partial charge in [0, 0.05) is 30.8 Å². The summed E-state index contributed by atoms with van der Waals surface area (Å²) in [4.78, 5) is 25.9. The number of rotatable bonds is 6. The molecule has 0 radical (unpaired) electrons. The number of anilines is 1. The Morgan fingerprint density at radius 1 is 1.26 bits per heavy atom. The quantitative estimate of drug-likeness (QED) is 0.836. The van der Waals surface area contributed by atoms with Gasteiger partial charge in [-0.15, -0.1) is 12.4 Å². The minimum Gasteiger partial charge on any atom is -0.345 e. The molecular weight excluding hydrogens is 314 g/mol. The van der Waals surface area contributed by atoms with Crippen LogP contribution in [0, 0.1) is 0 Å². The van der Waals surface area contributed by atoms with E-state index in [9.17, 15) is 9.59 Å².